The molecular formula is C16H17BrO2. The Morgan fingerprint density at radius 1 is 1.11 bits per heavy atom. The molecule has 2 aromatic carbocycles. The second-order valence-corrected chi connectivity index (χ2v) is 5.32. The molecule has 0 aliphatic carbocycles. The number of hydrogen-bond acceptors (Lipinski definition) is 2. The van der Waals surface area contributed by atoms with Crippen LogP contribution in [0.2, 0.25) is 0 Å². The lowest BCUT2D eigenvalue weighted by Gasteiger charge is -2.17. The Bertz CT molecular complexity index is 526. The maximum Gasteiger partial charge on any atom is 0.123 e. The third-order valence-electron chi connectivity index (χ3n) is 3.15. The van der Waals surface area contributed by atoms with Gasteiger partial charge in [-0.05, 0) is 24.6 Å². The van der Waals surface area contributed by atoms with E-state index in [0.717, 1.165) is 21.3 Å². The molecule has 0 fully saturated rings. The van der Waals surface area contributed by atoms with E-state index in [-0.39, 0.29) is 12.5 Å². The van der Waals surface area contributed by atoms with Crippen molar-refractivity contribution in [3.05, 3.63) is 64.1 Å². The van der Waals surface area contributed by atoms with Gasteiger partial charge in [-0.15, -0.1) is 0 Å². The molecule has 0 aliphatic heterocycles. The van der Waals surface area contributed by atoms with Crippen LogP contribution in [0.25, 0.3) is 0 Å². The Morgan fingerprint density at radius 2 is 1.84 bits per heavy atom. The molecule has 0 aromatic heterocycles. The molecule has 0 saturated carbocycles. The van der Waals surface area contributed by atoms with Crippen LogP contribution in [-0.2, 0) is 0 Å². The van der Waals surface area contributed by atoms with Gasteiger partial charge in [-0.3, -0.25) is 0 Å². The van der Waals surface area contributed by atoms with Crippen molar-refractivity contribution in [2.75, 3.05) is 13.2 Å². The van der Waals surface area contributed by atoms with Crippen LogP contribution >= 0.6 is 15.9 Å². The molecule has 0 radical (unpaired) electrons. The molecule has 1 atom stereocenters. The zero-order valence-corrected chi connectivity index (χ0v) is 12.4. The predicted octanol–water partition coefficient (Wildman–Crippen LogP) is 3.91. The number of halogens is 1. The molecule has 0 aliphatic rings. The number of aliphatic hydroxyl groups excluding tert-OH is 1. The lowest BCUT2D eigenvalue weighted by molar-refractivity contribution is 0.204. The van der Waals surface area contributed by atoms with Crippen molar-refractivity contribution in [2.24, 2.45) is 0 Å². The van der Waals surface area contributed by atoms with Crippen molar-refractivity contribution in [3.63, 3.8) is 0 Å². The molecule has 0 heterocycles. The molecule has 0 bridgehead atoms. The van der Waals surface area contributed by atoms with Crippen molar-refractivity contribution < 1.29 is 9.84 Å². The van der Waals surface area contributed by atoms with Gasteiger partial charge in [0.1, 0.15) is 5.75 Å². The Kier molecular flexibility index (Phi) is 5.00. The van der Waals surface area contributed by atoms with E-state index >= 15 is 0 Å². The molecule has 0 saturated heterocycles. The molecule has 19 heavy (non-hydrogen) atoms. The SMILES string of the molecule is Cc1c(Br)cccc1OCC(CO)c1ccccc1. The molecule has 100 valence electrons. The first-order chi connectivity index (χ1) is 9.22. The minimum Gasteiger partial charge on any atom is -0.493 e. The lowest BCUT2D eigenvalue weighted by Crippen LogP contribution is -2.14. The van der Waals surface area contributed by atoms with Gasteiger partial charge < -0.3 is 9.84 Å². The highest BCUT2D eigenvalue weighted by molar-refractivity contribution is 9.10. The number of benzene rings is 2. The van der Waals surface area contributed by atoms with Gasteiger partial charge in [0.25, 0.3) is 0 Å². The molecule has 1 unspecified atom stereocenters. The normalized spacial score (nSPS) is 12.2. The minimum atomic E-state index is -0.000387. The van der Waals surface area contributed by atoms with E-state index in [1.54, 1.807) is 0 Å². The zero-order valence-electron chi connectivity index (χ0n) is 10.8. The van der Waals surface area contributed by atoms with Crippen LogP contribution in [0.3, 0.4) is 0 Å². The van der Waals surface area contributed by atoms with Crippen LogP contribution < -0.4 is 4.74 Å². The summed E-state index contributed by atoms with van der Waals surface area (Å²) >= 11 is 3.49. The van der Waals surface area contributed by atoms with E-state index in [9.17, 15) is 5.11 Å². The summed E-state index contributed by atoms with van der Waals surface area (Å²) in [6.45, 7) is 2.56. The second-order valence-electron chi connectivity index (χ2n) is 4.46. The quantitative estimate of drug-likeness (QED) is 0.905. The molecule has 2 nitrogen and oxygen atoms in total. The predicted molar refractivity (Wildman–Crippen MR) is 80.6 cm³/mol. The van der Waals surface area contributed by atoms with Crippen LogP contribution in [0, 0.1) is 6.92 Å². The van der Waals surface area contributed by atoms with Gasteiger partial charge in [-0.2, -0.15) is 0 Å². The first kappa shape index (κ1) is 14.1. The fourth-order valence-corrected chi connectivity index (χ4v) is 2.26. The van der Waals surface area contributed by atoms with Gasteiger partial charge in [-0.1, -0.05) is 52.3 Å². The smallest absolute Gasteiger partial charge is 0.123 e. The van der Waals surface area contributed by atoms with E-state index in [1.165, 1.54) is 0 Å². The Labute approximate surface area is 122 Å². The van der Waals surface area contributed by atoms with E-state index in [2.05, 4.69) is 15.9 Å². The summed E-state index contributed by atoms with van der Waals surface area (Å²) in [6, 6.07) is 15.8. The van der Waals surface area contributed by atoms with Gasteiger partial charge in [0.05, 0.1) is 13.2 Å². The average molecular weight is 321 g/mol. The Balaban J connectivity index is 2.06. The van der Waals surface area contributed by atoms with Crippen LogP contribution in [-0.4, -0.2) is 18.3 Å². The highest BCUT2D eigenvalue weighted by Gasteiger charge is 2.12. The summed E-state index contributed by atoms with van der Waals surface area (Å²) in [4.78, 5) is 0. The van der Waals surface area contributed by atoms with Crippen molar-refractivity contribution in [1.29, 1.82) is 0 Å². The fourth-order valence-electron chi connectivity index (χ4n) is 1.91. The van der Waals surface area contributed by atoms with Crippen molar-refractivity contribution in [1.82, 2.24) is 0 Å². The monoisotopic (exact) mass is 320 g/mol. The highest BCUT2D eigenvalue weighted by atomic mass is 79.9. The molecule has 1 N–H and O–H groups in total. The van der Waals surface area contributed by atoms with Gasteiger partial charge >= 0.3 is 0 Å². The zero-order chi connectivity index (χ0) is 13.7. The molecule has 2 rings (SSSR count). The maximum absolute atomic E-state index is 9.49. The van der Waals surface area contributed by atoms with Gasteiger partial charge in [0.15, 0.2) is 0 Å². The average Bonchev–Trinajstić information content (AvgIpc) is 2.45. The Hall–Kier alpha value is -1.32. The standard InChI is InChI=1S/C16H17BrO2/c1-12-15(17)8-5-9-16(12)19-11-14(10-18)13-6-3-2-4-7-13/h2-9,14,18H,10-11H2,1H3. The minimum absolute atomic E-state index is 0.000387. The fraction of sp³-hybridized carbons (Fsp3) is 0.250. The summed E-state index contributed by atoms with van der Waals surface area (Å²) < 4.78 is 6.87. The molecular weight excluding hydrogens is 304 g/mol. The summed E-state index contributed by atoms with van der Waals surface area (Å²) in [6.07, 6.45) is 0. The van der Waals surface area contributed by atoms with Gasteiger partial charge in [0, 0.05) is 16.0 Å². The van der Waals surface area contributed by atoms with Crippen LogP contribution in [0.4, 0.5) is 0 Å². The van der Waals surface area contributed by atoms with Crippen molar-refractivity contribution >= 4 is 15.9 Å². The molecule has 3 heteroatoms. The van der Waals surface area contributed by atoms with Crippen LogP contribution in [0.1, 0.15) is 17.0 Å². The van der Waals surface area contributed by atoms with E-state index in [0.29, 0.717) is 6.61 Å². The number of aliphatic hydroxyl groups is 1. The summed E-state index contributed by atoms with van der Waals surface area (Å²) in [5.74, 6) is 0.850. The van der Waals surface area contributed by atoms with Gasteiger partial charge in [0.2, 0.25) is 0 Å². The largest absolute Gasteiger partial charge is 0.493 e. The Morgan fingerprint density at radius 3 is 2.53 bits per heavy atom. The third-order valence-corrected chi connectivity index (χ3v) is 4.01. The number of ether oxygens (including phenoxy) is 1. The summed E-state index contributed by atoms with van der Waals surface area (Å²) in [5, 5.41) is 9.49. The lowest BCUT2D eigenvalue weighted by atomic mass is 10.0. The number of hydrogen-bond donors (Lipinski definition) is 1. The first-order valence-electron chi connectivity index (χ1n) is 6.26. The molecule has 0 spiro atoms. The summed E-state index contributed by atoms with van der Waals surface area (Å²) in [7, 11) is 0. The van der Waals surface area contributed by atoms with Crippen molar-refractivity contribution in [3.8, 4) is 5.75 Å². The summed E-state index contributed by atoms with van der Waals surface area (Å²) in [5.41, 5.74) is 2.17. The third kappa shape index (κ3) is 3.58. The first-order valence-corrected chi connectivity index (χ1v) is 7.05. The van der Waals surface area contributed by atoms with E-state index in [4.69, 9.17) is 4.74 Å². The second kappa shape index (κ2) is 6.73. The van der Waals surface area contributed by atoms with E-state index in [1.807, 2.05) is 55.5 Å². The van der Waals surface area contributed by atoms with Crippen LogP contribution in [0.5, 0.6) is 5.75 Å². The molecule has 0 amide bonds. The molecule has 2 aromatic rings. The maximum atomic E-state index is 9.49. The highest BCUT2D eigenvalue weighted by Crippen LogP contribution is 2.26. The van der Waals surface area contributed by atoms with E-state index < -0.39 is 0 Å². The van der Waals surface area contributed by atoms with Gasteiger partial charge in [-0.25, -0.2) is 0 Å². The number of rotatable bonds is 5. The topological polar surface area (TPSA) is 29.5 Å². The van der Waals surface area contributed by atoms with Crippen molar-refractivity contribution in [2.45, 2.75) is 12.8 Å². The van der Waals surface area contributed by atoms with Crippen LogP contribution in [0.15, 0.2) is 53.0 Å².